The van der Waals surface area contributed by atoms with E-state index < -0.39 is 0 Å². The number of carbonyl (C=O) groups is 2. The summed E-state index contributed by atoms with van der Waals surface area (Å²) in [5, 5.41) is 0.443. The molecule has 1 aliphatic heterocycles. The number of hydrogen-bond acceptors (Lipinski definition) is 3. The highest BCUT2D eigenvalue weighted by atomic mass is 35.5. The first-order valence-electron chi connectivity index (χ1n) is 5.60. The molecule has 0 aromatic carbocycles. The van der Waals surface area contributed by atoms with Crippen LogP contribution in [0.5, 0.6) is 0 Å². The van der Waals surface area contributed by atoms with Crippen LogP contribution in [0.25, 0.3) is 0 Å². The van der Waals surface area contributed by atoms with E-state index in [2.05, 4.69) is 4.98 Å². The zero-order chi connectivity index (χ0) is 12.3. The molecule has 0 N–H and O–H groups in total. The molecule has 0 saturated carbocycles. The van der Waals surface area contributed by atoms with E-state index in [9.17, 15) is 9.59 Å². The first-order chi connectivity index (χ1) is 8.16. The number of likely N-dealkylation sites (tertiary alicyclic amines) is 1. The van der Waals surface area contributed by atoms with Gasteiger partial charge in [-0.1, -0.05) is 17.7 Å². The fourth-order valence-corrected chi connectivity index (χ4v) is 1.96. The lowest BCUT2D eigenvalue weighted by Crippen LogP contribution is -2.41. The van der Waals surface area contributed by atoms with Gasteiger partial charge in [0.2, 0.25) is 11.8 Å². The summed E-state index contributed by atoms with van der Waals surface area (Å²) < 4.78 is 0. The van der Waals surface area contributed by atoms with Crippen molar-refractivity contribution in [2.24, 2.45) is 0 Å². The number of pyridine rings is 1. The second-order valence-electron chi connectivity index (χ2n) is 4.03. The van der Waals surface area contributed by atoms with Gasteiger partial charge < -0.3 is 0 Å². The van der Waals surface area contributed by atoms with Gasteiger partial charge in [-0.25, -0.2) is 4.98 Å². The highest BCUT2D eigenvalue weighted by Gasteiger charge is 2.25. The second kappa shape index (κ2) is 5.27. The molecular weight excluding hydrogens is 240 g/mol. The van der Waals surface area contributed by atoms with E-state index in [0.717, 1.165) is 5.56 Å². The van der Waals surface area contributed by atoms with Crippen LogP contribution in [0.3, 0.4) is 0 Å². The smallest absolute Gasteiger partial charge is 0.229 e. The Kier molecular flexibility index (Phi) is 3.74. The van der Waals surface area contributed by atoms with Crippen LogP contribution in [0.2, 0.25) is 5.15 Å². The SMILES string of the molecule is O=C1CCCC(=O)N1CCc1ccc(Cl)nc1. The van der Waals surface area contributed by atoms with Crippen molar-refractivity contribution in [2.75, 3.05) is 6.54 Å². The van der Waals surface area contributed by atoms with E-state index in [1.807, 2.05) is 6.07 Å². The molecule has 0 spiro atoms. The molecule has 5 heteroatoms. The van der Waals surface area contributed by atoms with Crippen molar-refractivity contribution in [3.8, 4) is 0 Å². The molecule has 0 atom stereocenters. The van der Waals surface area contributed by atoms with E-state index in [1.165, 1.54) is 4.90 Å². The summed E-state index contributed by atoms with van der Waals surface area (Å²) >= 11 is 5.68. The van der Waals surface area contributed by atoms with E-state index in [0.29, 0.717) is 37.4 Å². The molecule has 1 aromatic heterocycles. The third-order valence-corrected chi connectivity index (χ3v) is 3.02. The normalized spacial score (nSPS) is 16.4. The largest absolute Gasteiger partial charge is 0.282 e. The average molecular weight is 253 g/mol. The minimum absolute atomic E-state index is 0.0665. The van der Waals surface area contributed by atoms with E-state index in [-0.39, 0.29) is 11.8 Å². The van der Waals surface area contributed by atoms with Gasteiger partial charge in [0.05, 0.1) is 0 Å². The molecule has 0 bridgehead atoms. The molecule has 0 radical (unpaired) electrons. The quantitative estimate of drug-likeness (QED) is 0.609. The fourth-order valence-electron chi connectivity index (χ4n) is 1.84. The van der Waals surface area contributed by atoms with Crippen LogP contribution in [0.4, 0.5) is 0 Å². The topological polar surface area (TPSA) is 50.3 Å². The lowest BCUT2D eigenvalue weighted by atomic mass is 10.1. The molecule has 2 rings (SSSR count). The van der Waals surface area contributed by atoms with Crippen molar-refractivity contribution in [3.63, 3.8) is 0 Å². The molecule has 2 amide bonds. The highest BCUT2D eigenvalue weighted by molar-refractivity contribution is 6.29. The molecule has 17 heavy (non-hydrogen) atoms. The standard InChI is InChI=1S/C12H13ClN2O2/c13-10-5-4-9(8-14-10)6-7-15-11(16)2-1-3-12(15)17/h4-5,8H,1-3,6-7H2. The number of amides is 2. The molecule has 4 nitrogen and oxygen atoms in total. The fraction of sp³-hybridized carbons (Fsp3) is 0.417. The van der Waals surface area contributed by atoms with E-state index in [4.69, 9.17) is 11.6 Å². The summed E-state index contributed by atoms with van der Waals surface area (Å²) in [7, 11) is 0. The zero-order valence-electron chi connectivity index (χ0n) is 9.36. The van der Waals surface area contributed by atoms with Crippen LogP contribution in [0, 0.1) is 0 Å². The summed E-state index contributed by atoms with van der Waals surface area (Å²) in [6, 6.07) is 3.56. The van der Waals surface area contributed by atoms with Crippen molar-refractivity contribution in [2.45, 2.75) is 25.7 Å². The zero-order valence-corrected chi connectivity index (χ0v) is 10.1. The second-order valence-corrected chi connectivity index (χ2v) is 4.42. The van der Waals surface area contributed by atoms with Crippen LogP contribution in [0.15, 0.2) is 18.3 Å². The Morgan fingerprint density at radius 2 is 1.94 bits per heavy atom. The number of nitrogens with zero attached hydrogens (tertiary/aromatic N) is 2. The molecule has 1 aromatic rings. The van der Waals surface area contributed by atoms with Gasteiger partial charge in [0.1, 0.15) is 5.15 Å². The molecule has 0 unspecified atom stereocenters. The maximum absolute atomic E-state index is 11.5. The van der Waals surface area contributed by atoms with Crippen LogP contribution in [-0.4, -0.2) is 28.2 Å². The minimum Gasteiger partial charge on any atom is -0.282 e. The van der Waals surface area contributed by atoms with Crippen LogP contribution >= 0.6 is 11.6 Å². The third kappa shape index (κ3) is 3.03. The number of rotatable bonds is 3. The van der Waals surface area contributed by atoms with E-state index in [1.54, 1.807) is 12.3 Å². The van der Waals surface area contributed by atoms with Crippen LogP contribution < -0.4 is 0 Å². The number of piperidine rings is 1. The van der Waals surface area contributed by atoms with Crippen molar-refractivity contribution in [3.05, 3.63) is 29.0 Å². The van der Waals surface area contributed by atoms with Crippen LogP contribution in [-0.2, 0) is 16.0 Å². The Balaban J connectivity index is 1.95. The van der Waals surface area contributed by atoms with Gasteiger partial charge in [0.15, 0.2) is 0 Å². The summed E-state index contributed by atoms with van der Waals surface area (Å²) in [4.78, 5) is 28.4. The summed E-state index contributed by atoms with van der Waals surface area (Å²) in [6.07, 6.45) is 3.93. The first-order valence-corrected chi connectivity index (χ1v) is 5.98. The molecule has 1 fully saturated rings. The molecule has 1 saturated heterocycles. The Hall–Kier alpha value is -1.42. The predicted octanol–water partition coefficient (Wildman–Crippen LogP) is 1.82. The third-order valence-electron chi connectivity index (χ3n) is 2.80. The Bertz CT molecular complexity index is 415. The molecule has 0 aliphatic carbocycles. The monoisotopic (exact) mass is 252 g/mol. The van der Waals surface area contributed by atoms with Gasteiger partial charge in [-0.05, 0) is 24.5 Å². The lowest BCUT2D eigenvalue weighted by molar-refractivity contribution is -0.147. The Morgan fingerprint density at radius 3 is 2.53 bits per heavy atom. The minimum atomic E-state index is -0.0665. The van der Waals surface area contributed by atoms with Crippen molar-refractivity contribution in [1.29, 1.82) is 0 Å². The van der Waals surface area contributed by atoms with Gasteiger partial charge in [-0.2, -0.15) is 0 Å². The maximum atomic E-state index is 11.5. The summed E-state index contributed by atoms with van der Waals surface area (Å²) in [6.45, 7) is 0.432. The average Bonchev–Trinajstić information content (AvgIpc) is 2.31. The highest BCUT2D eigenvalue weighted by Crippen LogP contribution is 2.13. The molecule has 1 aliphatic rings. The summed E-state index contributed by atoms with van der Waals surface area (Å²) in [5.41, 5.74) is 0.973. The number of carbonyl (C=O) groups excluding carboxylic acids is 2. The Labute approximate surface area is 105 Å². The van der Waals surface area contributed by atoms with Crippen molar-refractivity contribution < 1.29 is 9.59 Å². The van der Waals surface area contributed by atoms with Crippen molar-refractivity contribution in [1.82, 2.24) is 9.88 Å². The first kappa shape index (κ1) is 12.0. The molecule has 90 valence electrons. The Morgan fingerprint density at radius 1 is 1.24 bits per heavy atom. The molecular formula is C12H13ClN2O2. The maximum Gasteiger partial charge on any atom is 0.229 e. The number of imide groups is 1. The number of aromatic nitrogens is 1. The van der Waals surface area contributed by atoms with Crippen LogP contribution in [0.1, 0.15) is 24.8 Å². The number of hydrogen-bond donors (Lipinski definition) is 0. The van der Waals surface area contributed by atoms with Gasteiger partial charge in [0.25, 0.3) is 0 Å². The predicted molar refractivity (Wildman–Crippen MR) is 63.5 cm³/mol. The van der Waals surface area contributed by atoms with Gasteiger partial charge in [-0.3, -0.25) is 14.5 Å². The van der Waals surface area contributed by atoms with Crippen molar-refractivity contribution >= 4 is 23.4 Å². The van der Waals surface area contributed by atoms with Gasteiger partial charge >= 0.3 is 0 Å². The molecule has 2 heterocycles. The van der Waals surface area contributed by atoms with E-state index >= 15 is 0 Å². The summed E-state index contributed by atoms with van der Waals surface area (Å²) in [5.74, 6) is -0.133. The lowest BCUT2D eigenvalue weighted by Gasteiger charge is -2.24. The number of halogens is 1. The van der Waals surface area contributed by atoms with Gasteiger partial charge in [-0.15, -0.1) is 0 Å². The van der Waals surface area contributed by atoms with Gasteiger partial charge in [0, 0.05) is 25.6 Å².